The third-order valence-electron chi connectivity index (χ3n) is 1.01. The van der Waals surface area contributed by atoms with Crippen molar-refractivity contribution in [1.82, 2.24) is 0 Å². The molecule has 0 aromatic rings. The van der Waals surface area contributed by atoms with Gasteiger partial charge in [-0.15, -0.1) is 0 Å². The first-order valence-corrected chi connectivity index (χ1v) is 3.90. The van der Waals surface area contributed by atoms with Crippen LogP contribution in [0.5, 0.6) is 0 Å². The molecule has 0 spiro atoms. The van der Waals surface area contributed by atoms with Gasteiger partial charge in [0.15, 0.2) is 11.1 Å². The van der Waals surface area contributed by atoms with Crippen LogP contribution in [0.15, 0.2) is 0 Å². The van der Waals surface area contributed by atoms with E-state index in [1.54, 1.807) is 6.92 Å². The van der Waals surface area contributed by atoms with Crippen LogP contribution in [-0.2, 0) is 11.1 Å². The number of hydrogen-bond donors (Lipinski definition) is 3. The standard InChI is InChI=1S/C4H12N2O2S/c1-3(5)4(6)2-9(7)8/h3-4H,2,5-6H2,1H3,(H,7,8). The van der Waals surface area contributed by atoms with E-state index in [4.69, 9.17) is 16.0 Å². The summed E-state index contributed by atoms with van der Waals surface area (Å²) >= 11 is -1.82. The van der Waals surface area contributed by atoms with E-state index in [9.17, 15) is 4.21 Å². The third-order valence-corrected chi connectivity index (χ3v) is 1.68. The van der Waals surface area contributed by atoms with Crippen molar-refractivity contribution in [2.24, 2.45) is 11.5 Å². The molecule has 56 valence electrons. The lowest BCUT2D eigenvalue weighted by Gasteiger charge is -2.11. The number of rotatable bonds is 3. The molecule has 3 unspecified atom stereocenters. The van der Waals surface area contributed by atoms with Crippen molar-refractivity contribution in [2.45, 2.75) is 19.0 Å². The van der Waals surface area contributed by atoms with Gasteiger partial charge in [0.2, 0.25) is 0 Å². The second-order valence-corrected chi connectivity index (χ2v) is 2.99. The van der Waals surface area contributed by atoms with Crippen molar-refractivity contribution in [3.8, 4) is 0 Å². The van der Waals surface area contributed by atoms with Gasteiger partial charge in [0.05, 0.1) is 5.75 Å². The summed E-state index contributed by atoms with van der Waals surface area (Å²) in [5, 5.41) is 0. The Balaban J connectivity index is 3.50. The van der Waals surface area contributed by atoms with Gasteiger partial charge in [-0.3, -0.25) is 0 Å². The monoisotopic (exact) mass is 152 g/mol. The summed E-state index contributed by atoms with van der Waals surface area (Å²) in [6.45, 7) is 1.71. The molecule has 0 rings (SSSR count). The minimum Gasteiger partial charge on any atom is -0.327 e. The lowest BCUT2D eigenvalue weighted by Crippen LogP contribution is -2.42. The smallest absolute Gasteiger partial charge is 0.154 e. The van der Waals surface area contributed by atoms with Crippen molar-refractivity contribution in [1.29, 1.82) is 0 Å². The third kappa shape index (κ3) is 4.53. The second-order valence-electron chi connectivity index (χ2n) is 2.01. The molecule has 5 heteroatoms. The zero-order valence-electron chi connectivity index (χ0n) is 5.28. The summed E-state index contributed by atoms with van der Waals surface area (Å²) in [5.41, 5.74) is 10.7. The average Bonchev–Trinajstić information content (AvgIpc) is 1.63. The molecule has 0 bridgehead atoms. The van der Waals surface area contributed by atoms with Crippen LogP contribution >= 0.6 is 0 Å². The van der Waals surface area contributed by atoms with E-state index >= 15 is 0 Å². The lowest BCUT2D eigenvalue weighted by atomic mass is 10.2. The number of hydrogen-bond acceptors (Lipinski definition) is 3. The highest BCUT2D eigenvalue weighted by Gasteiger charge is 2.09. The summed E-state index contributed by atoms with van der Waals surface area (Å²) in [7, 11) is 0. The van der Waals surface area contributed by atoms with E-state index < -0.39 is 11.1 Å². The molecule has 0 aromatic carbocycles. The van der Waals surface area contributed by atoms with E-state index in [0.29, 0.717) is 0 Å². The highest BCUT2D eigenvalue weighted by atomic mass is 32.2. The molecule has 0 aliphatic rings. The zero-order chi connectivity index (χ0) is 7.44. The van der Waals surface area contributed by atoms with Gasteiger partial charge in [0.1, 0.15) is 0 Å². The second kappa shape index (κ2) is 3.94. The molecule has 0 aliphatic heterocycles. The molecule has 0 saturated heterocycles. The normalized spacial score (nSPS) is 20.9. The average molecular weight is 152 g/mol. The summed E-state index contributed by atoms with van der Waals surface area (Å²) in [6.07, 6.45) is 0. The van der Waals surface area contributed by atoms with E-state index in [-0.39, 0.29) is 17.8 Å². The Kier molecular flexibility index (Phi) is 3.96. The van der Waals surface area contributed by atoms with Crippen LogP contribution in [-0.4, -0.2) is 26.6 Å². The SMILES string of the molecule is CC(N)C(N)CS(=O)O. The molecule has 0 amide bonds. The Morgan fingerprint density at radius 2 is 2.11 bits per heavy atom. The summed E-state index contributed by atoms with van der Waals surface area (Å²) < 4.78 is 18.4. The molecule has 0 fully saturated rings. The fourth-order valence-electron chi connectivity index (χ4n) is 0.316. The van der Waals surface area contributed by atoms with Crippen molar-refractivity contribution in [2.75, 3.05) is 5.75 Å². The van der Waals surface area contributed by atoms with Crippen LogP contribution in [0, 0.1) is 0 Å². The topological polar surface area (TPSA) is 89.3 Å². The lowest BCUT2D eigenvalue weighted by molar-refractivity contribution is 0.539. The molecule has 9 heavy (non-hydrogen) atoms. The summed E-state index contributed by atoms with van der Waals surface area (Å²) in [4.78, 5) is 0. The minimum atomic E-state index is -1.82. The molecule has 4 nitrogen and oxygen atoms in total. The Hall–Kier alpha value is 0.0300. The molecule has 0 saturated carbocycles. The van der Waals surface area contributed by atoms with Gasteiger partial charge in [0.25, 0.3) is 0 Å². The van der Waals surface area contributed by atoms with E-state index in [1.807, 2.05) is 0 Å². The van der Waals surface area contributed by atoms with Crippen LogP contribution in [0.3, 0.4) is 0 Å². The maximum atomic E-state index is 10.1. The maximum Gasteiger partial charge on any atom is 0.154 e. The minimum absolute atomic E-state index is 0.0532. The Bertz CT molecular complexity index is 107. The quantitative estimate of drug-likeness (QED) is 0.447. The molecule has 0 aliphatic carbocycles. The van der Waals surface area contributed by atoms with Crippen molar-refractivity contribution < 1.29 is 8.76 Å². The first-order chi connectivity index (χ1) is 4.04. The molecule has 0 aromatic heterocycles. The number of nitrogens with two attached hydrogens (primary N) is 2. The van der Waals surface area contributed by atoms with Gasteiger partial charge >= 0.3 is 0 Å². The maximum absolute atomic E-state index is 10.1. The Morgan fingerprint density at radius 3 is 2.22 bits per heavy atom. The highest BCUT2D eigenvalue weighted by molar-refractivity contribution is 7.79. The van der Waals surface area contributed by atoms with Gasteiger partial charge < -0.3 is 16.0 Å². The Morgan fingerprint density at radius 1 is 1.67 bits per heavy atom. The van der Waals surface area contributed by atoms with Crippen LogP contribution in [0.2, 0.25) is 0 Å². The molecule has 0 radical (unpaired) electrons. The van der Waals surface area contributed by atoms with Crippen LogP contribution < -0.4 is 11.5 Å². The van der Waals surface area contributed by atoms with Gasteiger partial charge in [-0.2, -0.15) is 0 Å². The van der Waals surface area contributed by atoms with E-state index in [0.717, 1.165) is 0 Å². The first-order valence-electron chi connectivity index (χ1n) is 2.62. The predicted molar refractivity (Wildman–Crippen MR) is 37.3 cm³/mol. The summed E-state index contributed by atoms with van der Waals surface area (Å²) in [6, 6.07) is -0.600. The first kappa shape index (κ1) is 9.03. The molecule has 5 N–H and O–H groups in total. The molecular formula is C4H12N2O2S. The molecule has 0 heterocycles. The summed E-state index contributed by atoms with van der Waals surface area (Å²) in [5.74, 6) is 0.0532. The van der Waals surface area contributed by atoms with Crippen LogP contribution in [0.4, 0.5) is 0 Å². The molecule has 3 atom stereocenters. The van der Waals surface area contributed by atoms with Gasteiger partial charge in [-0.25, -0.2) is 4.21 Å². The zero-order valence-corrected chi connectivity index (χ0v) is 6.10. The fourth-order valence-corrected chi connectivity index (χ4v) is 0.949. The fraction of sp³-hybridized carbons (Fsp3) is 1.00. The van der Waals surface area contributed by atoms with Crippen LogP contribution in [0.1, 0.15) is 6.92 Å². The van der Waals surface area contributed by atoms with Gasteiger partial charge in [-0.1, -0.05) is 0 Å². The van der Waals surface area contributed by atoms with E-state index in [1.165, 1.54) is 0 Å². The highest BCUT2D eigenvalue weighted by Crippen LogP contribution is 1.86. The Labute approximate surface area is 56.9 Å². The predicted octanol–water partition coefficient (Wildman–Crippen LogP) is -1.12. The van der Waals surface area contributed by atoms with E-state index in [2.05, 4.69) is 0 Å². The van der Waals surface area contributed by atoms with Crippen molar-refractivity contribution in [3.05, 3.63) is 0 Å². The van der Waals surface area contributed by atoms with Gasteiger partial charge in [-0.05, 0) is 6.92 Å². The van der Waals surface area contributed by atoms with Crippen LogP contribution in [0.25, 0.3) is 0 Å². The van der Waals surface area contributed by atoms with Gasteiger partial charge in [0, 0.05) is 12.1 Å². The molecular weight excluding hydrogens is 140 g/mol. The van der Waals surface area contributed by atoms with Crippen molar-refractivity contribution >= 4 is 11.1 Å². The van der Waals surface area contributed by atoms with Crippen molar-refractivity contribution in [3.63, 3.8) is 0 Å². The largest absolute Gasteiger partial charge is 0.327 e.